The lowest BCUT2D eigenvalue weighted by Crippen LogP contribution is -2.43. The lowest BCUT2D eigenvalue weighted by atomic mass is 9.95. The van der Waals surface area contributed by atoms with Crippen molar-refractivity contribution < 1.29 is 13.5 Å². The van der Waals surface area contributed by atoms with Gasteiger partial charge < -0.3 is 9.64 Å². The number of fused-ring (bicyclic) bond motifs is 3. The Hall–Kier alpha value is -3.66. The van der Waals surface area contributed by atoms with E-state index in [4.69, 9.17) is 9.72 Å². The van der Waals surface area contributed by atoms with Gasteiger partial charge >= 0.3 is 6.01 Å². The predicted molar refractivity (Wildman–Crippen MR) is 151 cm³/mol. The van der Waals surface area contributed by atoms with E-state index in [1.54, 1.807) is 12.4 Å². The zero-order chi connectivity index (χ0) is 27.4. The molecule has 0 radical (unpaired) electrons. The van der Waals surface area contributed by atoms with Gasteiger partial charge in [0.25, 0.3) is 0 Å². The second-order valence-electron chi connectivity index (χ2n) is 11.4. The quantitative estimate of drug-likeness (QED) is 0.335. The molecule has 3 aliphatic heterocycles. The van der Waals surface area contributed by atoms with E-state index < -0.39 is 12.0 Å². The van der Waals surface area contributed by atoms with Crippen LogP contribution in [0.3, 0.4) is 0 Å². The number of nitrogens with one attached hydrogen (secondary N) is 1. The highest BCUT2D eigenvalue weighted by Gasteiger charge is 2.49. The molecule has 4 aromatic rings. The molecule has 2 saturated heterocycles. The normalized spacial score (nSPS) is 23.3. The molecule has 2 atom stereocenters. The Balaban J connectivity index is 1.35. The topological polar surface area (TPSA) is 83.1 Å². The first kappa shape index (κ1) is 25.3. The van der Waals surface area contributed by atoms with Gasteiger partial charge in [0.1, 0.15) is 29.8 Å². The molecular formula is C30H33F2N7O. The third-order valence-corrected chi connectivity index (χ3v) is 8.97. The number of aromatic nitrogens is 5. The summed E-state index contributed by atoms with van der Waals surface area (Å²) < 4.78 is 37.2. The average molecular weight is 546 g/mol. The van der Waals surface area contributed by atoms with Crippen molar-refractivity contribution in [2.75, 3.05) is 37.7 Å². The zero-order valence-corrected chi connectivity index (χ0v) is 22.9. The molecule has 1 aromatic carbocycles. The smallest absolute Gasteiger partial charge is 0.319 e. The van der Waals surface area contributed by atoms with Crippen LogP contribution >= 0.6 is 0 Å². The minimum Gasteiger partial charge on any atom is -0.461 e. The highest BCUT2D eigenvalue weighted by molar-refractivity contribution is 5.99. The number of alkyl halides is 1. The van der Waals surface area contributed by atoms with Crippen LogP contribution in [-0.2, 0) is 0 Å². The molecule has 0 saturated carbocycles. The van der Waals surface area contributed by atoms with Crippen molar-refractivity contribution in [1.82, 2.24) is 30.0 Å². The van der Waals surface area contributed by atoms with Crippen molar-refractivity contribution in [2.45, 2.75) is 57.7 Å². The van der Waals surface area contributed by atoms with Crippen molar-refractivity contribution >= 4 is 27.6 Å². The van der Waals surface area contributed by atoms with Crippen LogP contribution in [0, 0.1) is 19.7 Å². The fourth-order valence-corrected chi connectivity index (χ4v) is 6.80. The number of anilines is 1. The fraction of sp³-hybridized carbons (Fsp3) is 0.467. The first-order valence-electron chi connectivity index (χ1n) is 14.2. The summed E-state index contributed by atoms with van der Waals surface area (Å²) in [6.07, 6.45) is 10.9. The van der Waals surface area contributed by atoms with Gasteiger partial charge in [-0.05, 0) is 63.3 Å². The van der Waals surface area contributed by atoms with Crippen LogP contribution in [-0.4, -0.2) is 74.5 Å². The van der Waals surface area contributed by atoms with Gasteiger partial charge in [0.15, 0.2) is 5.82 Å². The SMILES string of the molecule is Cc1cc2[nH]ncc2c(-c2ncc3c(N4CCC=CCC4)nc(OCC45CCCN4CC(F)C5)nc3c2F)c1C. The molecule has 0 amide bonds. The molecule has 0 aliphatic carbocycles. The third kappa shape index (κ3) is 4.11. The molecule has 208 valence electrons. The van der Waals surface area contributed by atoms with E-state index in [0.29, 0.717) is 29.7 Å². The van der Waals surface area contributed by atoms with E-state index in [1.807, 2.05) is 19.9 Å². The van der Waals surface area contributed by atoms with Gasteiger partial charge in [-0.15, -0.1) is 0 Å². The first-order chi connectivity index (χ1) is 19.4. The van der Waals surface area contributed by atoms with Crippen molar-refractivity contribution in [2.24, 2.45) is 0 Å². The third-order valence-electron chi connectivity index (χ3n) is 8.97. The van der Waals surface area contributed by atoms with Gasteiger partial charge in [0, 0.05) is 43.2 Å². The number of aryl methyl sites for hydroxylation is 1. The van der Waals surface area contributed by atoms with Crippen LogP contribution in [0.25, 0.3) is 33.1 Å². The fourth-order valence-electron chi connectivity index (χ4n) is 6.80. The molecule has 6 heterocycles. The van der Waals surface area contributed by atoms with Crippen LogP contribution in [0.1, 0.15) is 43.2 Å². The average Bonchev–Trinajstić information content (AvgIpc) is 3.56. The van der Waals surface area contributed by atoms with Gasteiger partial charge in [-0.2, -0.15) is 15.1 Å². The number of hydrogen-bond donors (Lipinski definition) is 1. The van der Waals surface area contributed by atoms with Crippen molar-refractivity contribution in [3.8, 4) is 17.3 Å². The van der Waals surface area contributed by atoms with Crippen molar-refractivity contribution in [3.63, 3.8) is 0 Å². The summed E-state index contributed by atoms with van der Waals surface area (Å²) in [5.41, 5.74) is 3.53. The molecule has 0 bridgehead atoms. The predicted octanol–water partition coefficient (Wildman–Crippen LogP) is 5.44. The summed E-state index contributed by atoms with van der Waals surface area (Å²) in [6.45, 7) is 7.06. The Bertz CT molecular complexity index is 1630. The van der Waals surface area contributed by atoms with Gasteiger partial charge in [-0.1, -0.05) is 12.2 Å². The molecule has 3 aliphatic rings. The van der Waals surface area contributed by atoms with Gasteiger partial charge in [-0.25, -0.2) is 8.78 Å². The molecule has 3 aromatic heterocycles. The summed E-state index contributed by atoms with van der Waals surface area (Å²) in [4.78, 5) is 18.4. The summed E-state index contributed by atoms with van der Waals surface area (Å²) in [5.74, 6) is 0.104. The Morgan fingerprint density at radius 2 is 1.93 bits per heavy atom. The van der Waals surface area contributed by atoms with E-state index in [2.05, 4.69) is 42.1 Å². The number of pyridine rings is 1. The van der Waals surface area contributed by atoms with E-state index in [1.165, 1.54) is 0 Å². The number of nitrogens with zero attached hydrogens (tertiary/aromatic N) is 6. The standard InChI is InChI=1S/C30H33F2N7O/c1-18-12-23-21(15-34-37-23)24(19(18)2)27-25(32)26-22(14-33-27)28(38-9-5-3-4-6-10-38)36-29(35-26)40-17-30-8-7-11-39(30)16-20(31)13-30/h3-4,12,14-15,20H,5-11,13,16-17H2,1-2H3,(H,34,37). The number of ether oxygens (including phenoxy) is 1. The summed E-state index contributed by atoms with van der Waals surface area (Å²) in [6, 6.07) is 2.13. The van der Waals surface area contributed by atoms with E-state index >= 15 is 4.39 Å². The molecule has 1 N–H and O–H groups in total. The van der Waals surface area contributed by atoms with E-state index in [-0.39, 0.29) is 29.4 Å². The Kier molecular flexibility index (Phi) is 6.18. The monoisotopic (exact) mass is 545 g/mol. The number of aromatic amines is 1. The second-order valence-corrected chi connectivity index (χ2v) is 11.4. The minimum absolute atomic E-state index is 0.119. The number of H-pyrrole nitrogens is 1. The largest absolute Gasteiger partial charge is 0.461 e. The maximum atomic E-state index is 16.6. The molecule has 2 unspecified atom stereocenters. The first-order valence-corrected chi connectivity index (χ1v) is 14.2. The van der Waals surface area contributed by atoms with Crippen LogP contribution in [0.5, 0.6) is 6.01 Å². The number of rotatable bonds is 5. The van der Waals surface area contributed by atoms with Crippen LogP contribution < -0.4 is 9.64 Å². The van der Waals surface area contributed by atoms with E-state index in [9.17, 15) is 4.39 Å². The Morgan fingerprint density at radius 1 is 1.10 bits per heavy atom. The molecule has 8 nitrogen and oxygen atoms in total. The highest BCUT2D eigenvalue weighted by Crippen LogP contribution is 2.41. The molecule has 0 spiro atoms. The summed E-state index contributed by atoms with van der Waals surface area (Å²) >= 11 is 0. The van der Waals surface area contributed by atoms with Gasteiger partial charge in [0.05, 0.1) is 22.6 Å². The number of halogens is 2. The van der Waals surface area contributed by atoms with Gasteiger partial charge in [0.2, 0.25) is 0 Å². The summed E-state index contributed by atoms with van der Waals surface area (Å²) in [7, 11) is 0. The maximum absolute atomic E-state index is 16.6. The number of hydrogen-bond acceptors (Lipinski definition) is 7. The van der Waals surface area contributed by atoms with Gasteiger partial charge in [-0.3, -0.25) is 15.0 Å². The van der Waals surface area contributed by atoms with Crippen molar-refractivity contribution in [3.05, 3.63) is 47.6 Å². The van der Waals surface area contributed by atoms with Crippen LogP contribution in [0.4, 0.5) is 14.6 Å². The Labute approximate surface area is 231 Å². The lowest BCUT2D eigenvalue weighted by molar-refractivity contribution is 0.107. The molecule has 7 rings (SSSR count). The summed E-state index contributed by atoms with van der Waals surface area (Å²) in [5, 5.41) is 8.54. The van der Waals surface area contributed by atoms with Crippen molar-refractivity contribution in [1.29, 1.82) is 0 Å². The number of benzene rings is 1. The lowest BCUT2D eigenvalue weighted by Gasteiger charge is -2.31. The molecule has 10 heteroatoms. The Morgan fingerprint density at radius 3 is 2.75 bits per heavy atom. The zero-order valence-electron chi connectivity index (χ0n) is 22.9. The van der Waals surface area contributed by atoms with Crippen LogP contribution in [0.2, 0.25) is 0 Å². The highest BCUT2D eigenvalue weighted by atomic mass is 19.1. The van der Waals surface area contributed by atoms with E-state index in [0.717, 1.165) is 67.3 Å². The minimum atomic E-state index is -0.856. The van der Waals surface area contributed by atoms with Crippen LogP contribution in [0.15, 0.2) is 30.6 Å². The molecule has 40 heavy (non-hydrogen) atoms. The molecule has 2 fully saturated rings. The molecular weight excluding hydrogens is 512 g/mol. The second kappa shape index (κ2) is 9.76. The maximum Gasteiger partial charge on any atom is 0.319 e.